The van der Waals surface area contributed by atoms with Gasteiger partial charge in [0.25, 0.3) is 5.91 Å². The molecule has 0 spiro atoms. The number of ether oxygens (including phenoxy) is 1. The number of aryl methyl sites for hydroxylation is 1. The van der Waals surface area contributed by atoms with Crippen LogP contribution < -0.4 is 9.64 Å². The molecule has 0 unspecified atom stereocenters. The lowest BCUT2D eigenvalue weighted by Gasteiger charge is -2.23. The lowest BCUT2D eigenvalue weighted by Crippen LogP contribution is -2.33. The first-order valence-corrected chi connectivity index (χ1v) is 16.0. The van der Waals surface area contributed by atoms with E-state index in [0.717, 1.165) is 41.5 Å². The van der Waals surface area contributed by atoms with Crippen molar-refractivity contribution in [2.75, 3.05) is 25.1 Å². The van der Waals surface area contributed by atoms with Gasteiger partial charge in [-0.25, -0.2) is 13.4 Å². The highest BCUT2D eigenvalue weighted by molar-refractivity contribution is 7.89. The molecule has 0 N–H and O–H groups in total. The predicted molar refractivity (Wildman–Crippen MR) is 163 cm³/mol. The van der Waals surface area contributed by atoms with Gasteiger partial charge in [-0.05, 0) is 61.2 Å². The number of sulfonamides is 1. The van der Waals surface area contributed by atoms with E-state index < -0.39 is 10.0 Å². The summed E-state index contributed by atoms with van der Waals surface area (Å²) in [6.07, 6.45) is 3.45. The van der Waals surface area contributed by atoms with Crippen LogP contribution in [0.1, 0.15) is 61.0 Å². The number of carbonyl (C=O) groups is 1. The van der Waals surface area contributed by atoms with Gasteiger partial charge in [-0.3, -0.25) is 9.69 Å². The van der Waals surface area contributed by atoms with Gasteiger partial charge >= 0.3 is 0 Å². The number of anilines is 1. The second-order valence-corrected chi connectivity index (χ2v) is 12.7. The number of methoxy groups -OCH3 is 1. The van der Waals surface area contributed by atoms with Crippen molar-refractivity contribution < 1.29 is 17.9 Å². The van der Waals surface area contributed by atoms with Gasteiger partial charge < -0.3 is 4.74 Å². The van der Waals surface area contributed by atoms with E-state index >= 15 is 0 Å². The van der Waals surface area contributed by atoms with Crippen LogP contribution in [0.25, 0.3) is 10.2 Å². The van der Waals surface area contributed by atoms with Gasteiger partial charge in [0.2, 0.25) is 10.0 Å². The molecule has 40 heavy (non-hydrogen) atoms. The predicted octanol–water partition coefficient (Wildman–Crippen LogP) is 7.05. The van der Waals surface area contributed by atoms with Crippen LogP contribution in [0.2, 0.25) is 0 Å². The van der Waals surface area contributed by atoms with Gasteiger partial charge in [0.05, 0.1) is 23.2 Å². The molecule has 0 saturated heterocycles. The van der Waals surface area contributed by atoms with Crippen molar-refractivity contribution in [1.82, 2.24) is 9.29 Å². The number of unbranched alkanes of at least 4 members (excludes halogenated alkanes) is 2. The van der Waals surface area contributed by atoms with Crippen molar-refractivity contribution in [3.8, 4) is 5.75 Å². The molecule has 212 valence electrons. The average Bonchev–Trinajstić information content (AvgIpc) is 3.42. The lowest BCUT2D eigenvalue weighted by molar-refractivity contribution is 0.0985. The summed E-state index contributed by atoms with van der Waals surface area (Å²) < 4.78 is 34.9. The molecule has 3 aromatic carbocycles. The maximum absolute atomic E-state index is 13.9. The van der Waals surface area contributed by atoms with E-state index in [1.165, 1.54) is 11.3 Å². The summed E-state index contributed by atoms with van der Waals surface area (Å²) in [7, 11) is -2.05. The minimum Gasteiger partial charge on any atom is -0.494 e. The summed E-state index contributed by atoms with van der Waals surface area (Å²) in [6, 6.07) is 19.9. The summed E-state index contributed by atoms with van der Waals surface area (Å²) in [5.41, 5.74) is 3.12. The third-order valence-corrected chi connectivity index (χ3v) is 9.96. The molecule has 0 fully saturated rings. The number of fused-ring (bicyclic) bond motifs is 1. The first kappa shape index (κ1) is 29.7. The molecular weight excluding hydrogens is 542 g/mol. The Morgan fingerprint density at radius 3 is 2.17 bits per heavy atom. The minimum atomic E-state index is -3.65. The van der Waals surface area contributed by atoms with E-state index in [-0.39, 0.29) is 10.8 Å². The Bertz CT molecular complexity index is 1530. The molecule has 0 atom stereocenters. The number of hydrogen-bond acceptors (Lipinski definition) is 6. The summed E-state index contributed by atoms with van der Waals surface area (Å²) in [5, 5.41) is 0.554. The molecule has 1 heterocycles. The van der Waals surface area contributed by atoms with E-state index in [4.69, 9.17) is 9.72 Å². The van der Waals surface area contributed by atoms with Crippen LogP contribution in [0.4, 0.5) is 5.13 Å². The quantitative estimate of drug-likeness (QED) is 0.170. The highest BCUT2D eigenvalue weighted by atomic mass is 32.2. The molecule has 0 radical (unpaired) electrons. The Morgan fingerprint density at radius 2 is 1.57 bits per heavy atom. The third kappa shape index (κ3) is 6.54. The van der Waals surface area contributed by atoms with Gasteiger partial charge in [0.15, 0.2) is 5.13 Å². The van der Waals surface area contributed by atoms with Crippen molar-refractivity contribution in [1.29, 1.82) is 0 Å². The van der Waals surface area contributed by atoms with E-state index in [1.54, 1.807) is 40.6 Å². The maximum Gasteiger partial charge on any atom is 0.260 e. The minimum absolute atomic E-state index is 0.200. The first-order valence-electron chi connectivity index (χ1n) is 13.7. The SMILES string of the molecule is CCCCN(CCCC)S(=O)(=O)c1ccc(C(=O)N(Cc2ccccc2)c2nc3c(OC)ccc(C)c3s2)cc1. The van der Waals surface area contributed by atoms with Crippen LogP contribution in [0.5, 0.6) is 5.75 Å². The normalized spacial score (nSPS) is 11.7. The molecule has 0 aliphatic heterocycles. The number of carbonyl (C=O) groups excluding carboxylic acids is 1. The van der Waals surface area contributed by atoms with Gasteiger partial charge in [-0.1, -0.05) is 74.4 Å². The fraction of sp³-hybridized carbons (Fsp3) is 0.355. The van der Waals surface area contributed by atoms with Crippen molar-refractivity contribution in [2.45, 2.75) is 57.9 Å². The number of rotatable bonds is 13. The summed E-state index contributed by atoms with van der Waals surface area (Å²) in [5.74, 6) is 0.401. The zero-order valence-corrected chi connectivity index (χ0v) is 25.2. The van der Waals surface area contributed by atoms with Gasteiger partial charge in [-0.2, -0.15) is 4.31 Å². The van der Waals surface area contributed by atoms with Crippen LogP contribution in [0, 0.1) is 6.92 Å². The average molecular weight is 580 g/mol. The number of aromatic nitrogens is 1. The second-order valence-electron chi connectivity index (χ2n) is 9.77. The van der Waals surface area contributed by atoms with E-state index in [9.17, 15) is 13.2 Å². The molecule has 1 aromatic heterocycles. The van der Waals surface area contributed by atoms with Crippen molar-refractivity contribution in [2.24, 2.45) is 0 Å². The Labute approximate surface area is 241 Å². The molecule has 0 aliphatic carbocycles. The molecule has 7 nitrogen and oxygen atoms in total. The zero-order valence-electron chi connectivity index (χ0n) is 23.6. The maximum atomic E-state index is 13.9. The fourth-order valence-electron chi connectivity index (χ4n) is 4.47. The standard InChI is InChI=1S/C31H37N3O4S2/c1-5-7-20-33(21-8-6-2)40(36,37)26-17-15-25(16-18-26)30(35)34(22-24-12-10-9-11-13-24)31-32-28-27(38-4)19-14-23(3)29(28)39-31/h9-19H,5-8,20-22H2,1-4H3. The van der Waals surface area contributed by atoms with Crippen LogP contribution in [-0.2, 0) is 16.6 Å². The molecule has 1 amide bonds. The molecule has 9 heteroatoms. The highest BCUT2D eigenvalue weighted by Crippen LogP contribution is 2.37. The number of amides is 1. The molecule has 0 bridgehead atoms. The highest BCUT2D eigenvalue weighted by Gasteiger charge is 2.26. The Hall–Kier alpha value is -3.27. The van der Waals surface area contributed by atoms with E-state index in [0.29, 0.717) is 41.6 Å². The fourth-order valence-corrected chi connectivity index (χ4v) is 7.03. The second kappa shape index (κ2) is 13.4. The summed E-state index contributed by atoms with van der Waals surface area (Å²) in [4.78, 5) is 20.6. The van der Waals surface area contributed by atoms with Crippen molar-refractivity contribution in [3.63, 3.8) is 0 Å². The van der Waals surface area contributed by atoms with E-state index in [2.05, 4.69) is 13.8 Å². The van der Waals surface area contributed by atoms with E-state index in [1.807, 2.05) is 49.4 Å². The largest absolute Gasteiger partial charge is 0.494 e. The van der Waals surface area contributed by atoms with Crippen LogP contribution in [0.3, 0.4) is 0 Å². The number of benzene rings is 3. The Morgan fingerprint density at radius 1 is 0.925 bits per heavy atom. The van der Waals surface area contributed by atoms with Crippen LogP contribution in [0.15, 0.2) is 71.6 Å². The van der Waals surface area contributed by atoms with Gasteiger partial charge in [0.1, 0.15) is 11.3 Å². The third-order valence-electron chi connectivity index (χ3n) is 6.83. The monoisotopic (exact) mass is 579 g/mol. The first-order chi connectivity index (χ1) is 19.3. The van der Waals surface area contributed by atoms with Crippen LogP contribution in [-0.4, -0.2) is 43.8 Å². The number of thiazole rings is 1. The topological polar surface area (TPSA) is 79.8 Å². The molecule has 4 rings (SSSR count). The molecule has 0 aliphatic rings. The smallest absolute Gasteiger partial charge is 0.260 e. The number of hydrogen-bond donors (Lipinski definition) is 0. The summed E-state index contributed by atoms with van der Waals surface area (Å²) in [6.45, 7) is 7.42. The summed E-state index contributed by atoms with van der Waals surface area (Å²) >= 11 is 1.44. The Kier molecular flexibility index (Phi) is 9.95. The zero-order chi connectivity index (χ0) is 28.7. The van der Waals surface area contributed by atoms with Crippen molar-refractivity contribution >= 4 is 42.6 Å². The molecule has 4 aromatic rings. The van der Waals surface area contributed by atoms with Crippen molar-refractivity contribution in [3.05, 3.63) is 83.4 Å². The number of nitrogens with zero attached hydrogens (tertiary/aromatic N) is 3. The van der Waals surface area contributed by atoms with Gasteiger partial charge in [-0.15, -0.1) is 0 Å². The molecular formula is C31H37N3O4S2. The van der Waals surface area contributed by atoms with Crippen LogP contribution >= 0.6 is 11.3 Å². The Balaban J connectivity index is 1.69. The molecule has 0 saturated carbocycles. The lowest BCUT2D eigenvalue weighted by atomic mass is 10.1. The van der Waals surface area contributed by atoms with Gasteiger partial charge in [0, 0.05) is 18.7 Å².